The number of unbranched alkanes of at least 4 members (excludes halogenated alkanes) is 1. The van der Waals surface area contributed by atoms with Gasteiger partial charge in [0.15, 0.2) is 0 Å². The molecule has 5 heteroatoms. The van der Waals surface area contributed by atoms with Gasteiger partial charge in [0.2, 0.25) is 5.95 Å². The molecule has 0 radical (unpaired) electrons. The van der Waals surface area contributed by atoms with Crippen LogP contribution in [0.3, 0.4) is 0 Å². The highest BCUT2D eigenvalue weighted by molar-refractivity contribution is 6.30. The zero-order chi connectivity index (χ0) is 13.0. The first-order valence-electron chi connectivity index (χ1n) is 5.94. The molecule has 0 fully saturated rings. The normalized spacial score (nSPS) is 10.6. The van der Waals surface area contributed by atoms with Crippen molar-refractivity contribution >= 4 is 17.5 Å². The predicted octanol–water partition coefficient (Wildman–Crippen LogP) is 3.12. The number of pyridine rings is 1. The minimum Gasteiger partial charge on any atom is -0.368 e. The third-order valence-corrected chi connectivity index (χ3v) is 3.00. The minimum atomic E-state index is 0.194. The highest BCUT2D eigenvalue weighted by atomic mass is 35.5. The van der Waals surface area contributed by atoms with E-state index in [0.29, 0.717) is 5.15 Å². The molecule has 2 aromatic heterocycles. The van der Waals surface area contributed by atoms with E-state index >= 15 is 0 Å². The smallest absolute Gasteiger partial charge is 0.222 e. The van der Waals surface area contributed by atoms with Gasteiger partial charge in [-0.05, 0) is 25.0 Å². The van der Waals surface area contributed by atoms with Crippen LogP contribution in [0.25, 0.3) is 11.3 Å². The predicted molar refractivity (Wildman–Crippen MR) is 73.3 cm³/mol. The molecule has 2 N–H and O–H groups in total. The number of anilines is 1. The van der Waals surface area contributed by atoms with Crippen molar-refractivity contribution in [2.75, 3.05) is 5.73 Å². The van der Waals surface area contributed by atoms with E-state index in [4.69, 9.17) is 17.3 Å². The van der Waals surface area contributed by atoms with E-state index in [9.17, 15) is 0 Å². The van der Waals surface area contributed by atoms with E-state index in [1.807, 2.05) is 12.1 Å². The number of hydrogen-bond acceptors (Lipinski definition) is 4. The summed E-state index contributed by atoms with van der Waals surface area (Å²) in [6.07, 6.45) is 6.46. The molecule has 0 saturated heterocycles. The van der Waals surface area contributed by atoms with Gasteiger partial charge in [0.1, 0.15) is 5.15 Å². The molecule has 0 aliphatic carbocycles. The van der Waals surface area contributed by atoms with Gasteiger partial charge in [-0.1, -0.05) is 24.9 Å². The quantitative estimate of drug-likeness (QED) is 0.860. The third-order valence-electron chi connectivity index (χ3n) is 2.69. The fourth-order valence-corrected chi connectivity index (χ4v) is 2.06. The Bertz CT molecular complexity index is 528. The first kappa shape index (κ1) is 12.8. The topological polar surface area (TPSA) is 64.7 Å². The lowest BCUT2D eigenvalue weighted by Gasteiger charge is -2.10. The summed E-state index contributed by atoms with van der Waals surface area (Å²) in [5, 5.41) is 0.440. The van der Waals surface area contributed by atoms with Crippen molar-refractivity contribution in [3.8, 4) is 11.3 Å². The summed E-state index contributed by atoms with van der Waals surface area (Å²) in [6.45, 7) is 2.13. The molecular formula is C13H15ClN4. The van der Waals surface area contributed by atoms with E-state index < -0.39 is 0 Å². The van der Waals surface area contributed by atoms with E-state index in [1.165, 1.54) is 0 Å². The van der Waals surface area contributed by atoms with Crippen LogP contribution in [-0.2, 0) is 6.42 Å². The van der Waals surface area contributed by atoms with E-state index in [1.54, 1.807) is 12.4 Å². The molecular weight excluding hydrogens is 248 g/mol. The molecule has 0 aromatic carbocycles. The van der Waals surface area contributed by atoms with Crippen LogP contribution in [0.4, 0.5) is 5.95 Å². The molecule has 2 rings (SSSR count). The molecule has 94 valence electrons. The summed E-state index contributed by atoms with van der Waals surface area (Å²) >= 11 is 6.17. The zero-order valence-corrected chi connectivity index (χ0v) is 11.0. The van der Waals surface area contributed by atoms with E-state index in [0.717, 1.165) is 36.1 Å². The van der Waals surface area contributed by atoms with Gasteiger partial charge < -0.3 is 5.73 Å². The molecule has 0 atom stereocenters. The van der Waals surface area contributed by atoms with Gasteiger partial charge in [0.25, 0.3) is 0 Å². The fourth-order valence-electron chi connectivity index (χ4n) is 1.79. The average Bonchev–Trinajstić information content (AvgIpc) is 2.38. The van der Waals surface area contributed by atoms with Crippen LogP contribution in [-0.4, -0.2) is 15.0 Å². The Balaban J connectivity index is 2.50. The van der Waals surface area contributed by atoms with Crippen LogP contribution in [0.5, 0.6) is 0 Å². The van der Waals surface area contributed by atoms with Crippen LogP contribution in [0.1, 0.15) is 25.3 Å². The largest absolute Gasteiger partial charge is 0.368 e. The standard InChI is InChI=1S/C13H15ClN4/c1-2-3-6-10-11(9-5-4-7-16-8-9)17-13(15)18-12(10)14/h4-5,7-8H,2-3,6H2,1H3,(H2,15,17,18). The number of hydrogen-bond donors (Lipinski definition) is 1. The Morgan fingerprint density at radius 2 is 2.17 bits per heavy atom. The van der Waals surface area contributed by atoms with Gasteiger partial charge in [0, 0.05) is 23.5 Å². The van der Waals surface area contributed by atoms with Crippen molar-refractivity contribution in [1.29, 1.82) is 0 Å². The highest BCUT2D eigenvalue weighted by Crippen LogP contribution is 2.27. The van der Waals surface area contributed by atoms with Gasteiger partial charge in [-0.25, -0.2) is 9.97 Å². The van der Waals surface area contributed by atoms with Crippen molar-refractivity contribution in [1.82, 2.24) is 15.0 Å². The summed E-state index contributed by atoms with van der Waals surface area (Å²) in [4.78, 5) is 12.4. The maximum atomic E-state index is 6.17. The Labute approximate surface area is 111 Å². The molecule has 0 aliphatic rings. The lowest BCUT2D eigenvalue weighted by molar-refractivity contribution is 0.790. The van der Waals surface area contributed by atoms with Gasteiger partial charge in [-0.2, -0.15) is 0 Å². The number of aromatic nitrogens is 3. The molecule has 18 heavy (non-hydrogen) atoms. The van der Waals surface area contributed by atoms with Crippen LogP contribution >= 0.6 is 11.6 Å². The second kappa shape index (κ2) is 5.78. The van der Waals surface area contributed by atoms with Crippen molar-refractivity contribution in [3.05, 3.63) is 35.2 Å². The molecule has 0 unspecified atom stereocenters. The molecule has 2 heterocycles. The Morgan fingerprint density at radius 3 is 2.83 bits per heavy atom. The van der Waals surface area contributed by atoms with Gasteiger partial charge >= 0.3 is 0 Å². The lowest BCUT2D eigenvalue weighted by Crippen LogP contribution is -2.03. The van der Waals surface area contributed by atoms with Gasteiger partial charge in [-0.15, -0.1) is 0 Å². The summed E-state index contributed by atoms with van der Waals surface area (Å²) < 4.78 is 0. The van der Waals surface area contributed by atoms with Crippen molar-refractivity contribution in [2.24, 2.45) is 0 Å². The van der Waals surface area contributed by atoms with E-state index in [-0.39, 0.29) is 5.95 Å². The van der Waals surface area contributed by atoms with Crippen molar-refractivity contribution in [2.45, 2.75) is 26.2 Å². The summed E-state index contributed by atoms with van der Waals surface area (Å²) in [7, 11) is 0. The van der Waals surface area contributed by atoms with Crippen LogP contribution in [0.2, 0.25) is 5.15 Å². The fraction of sp³-hybridized carbons (Fsp3) is 0.308. The monoisotopic (exact) mass is 262 g/mol. The highest BCUT2D eigenvalue weighted by Gasteiger charge is 2.13. The van der Waals surface area contributed by atoms with Crippen molar-refractivity contribution < 1.29 is 0 Å². The third kappa shape index (κ3) is 2.76. The first-order valence-corrected chi connectivity index (χ1v) is 6.32. The molecule has 4 nitrogen and oxygen atoms in total. The molecule has 0 aliphatic heterocycles. The molecule has 2 aromatic rings. The van der Waals surface area contributed by atoms with Crippen LogP contribution in [0, 0.1) is 0 Å². The minimum absolute atomic E-state index is 0.194. The number of nitrogens with zero attached hydrogens (tertiary/aromatic N) is 3. The van der Waals surface area contributed by atoms with Gasteiger partial charge in [0.05, 0.1) is 5.69 Å². The maximum Gasteiger partial charge on any atom is 0.222 e. The number of nitrogen functional groups attached to an aromatic ring is 1. The van der Waals surface area contributed by atoms with Gasteiger partial charge in [-0.3, -0.25) is 4.98 Å². The summed E-state index contributed by atoms with van der Waals surface area (Å²) in [5.41, 5.74) is 8.31. The first-order chi connectivity index (χ1) is 8.72. The molecule has 0 spiro atoms. The Morgan fingerprint density at radius 1 is 1.33 bits per heavy atom. The average molecular weight is 263 g/mol. The number of nitrogens with two attached hydrogens (primary N) is 1. The van der Waals surface area contributed by atoms with E-state index in [2.05, 4.69) is 21.9 Å². The zero-order valence-electron chi connectivity index (χ0n) is 10.2. The number of rotatable bonds is 4. The van der Waals surface area contributed by atoms with Crippen LogP contribution in [0.15, 0.2) is 24.5 Å². The summed E-state index contributed by atoms with van der Waals surface area (Å²) in [5.74, 6) is 0.194. The summed E-state index contributed by atoms with van der Waals surface area (Å²) in [6, 6.07) is 3.81. The molecule has 0 amide bonds. The van der Waals surface area contributed by atoms with Crippen molar-refractivity contribution in [3.63, 3.8) is 0 Å². The number of halogens is 1. The lowest BCUT2D eigenvalue weighted by atomic mass is 10.0. The Kier molecular flexibility index (Phi) is 4.10. The second-order valence-electron chi connectivity index (χ2n) is 4.05. The Hall–Kier alpha value is -1.68. The second-order valence-corrected chi connectivity index (χ2v) is 4.40. The molecule has 0 saturated carbocycles. The molecule has 0 bridgehead atoms. The SMILES string of the molecule is CCCCc1c(Cl)nc(N)nc1-c1cccnc1. The van der Waals surface area contributed by atoms with Crippen LogP contribution < -0.4 is 5.73 Å². The maximum absolute atomic E-state index is 6.17.